The van der Waals surface area contributed by atoms with E-state index in [4.69, 9.17) is 5.73 Å². The fourth-order valence-electron chi connectivity index (χ4n) is 1.94. The van der Waals surface area contributed by atoms with E-state index in [0.29, 0.717) is 0 Å². The number of halogens is 1. The van der Waals surface area contributed by atoms with Crippen LogP contribution in [0.2, 0.25) is 0 Å². The molecule has 1 atom stereocenters. The summed E-state index contributed by atoms with van der Waals surface area (Å²) < 4.78 is 1.12. The van der Waals surface area contributed by atoms with Crippen molar-refractivity contribution in [3.05, 3.63) is 44.8 Å². The molecule has 19 heavy (non-hydrogen) atoms. The molecule has 0 bridgehead atoms. The second-order valence-corrected chi connectivity index (χ2v) is 6.37. The maximum Gasteiger partial charge on any atom is 0.0795 e. The third kappa shape index (κ3) is 4.03. The molecule has 0 fully saturated rings. The van der Waals surface area contributed by atoms with Crippen molar-refractivity contribution < 1.29 is 0 Å². The van der Waals surface area contributed by atoms with Gasteiger partial charge in [0.1, 0.15) is 0 Å². The Balaban J connectivity index is 2.10. The Bertz CT molecular complexity index is 525. The molecule has 2 aromatic rings. The summed E-state index contributed by atoms with van der Waals surface area (Å²) in [6.45, 7) is 2.84. The molecule has 0 radical (unpaired) electrons. The molecule has 0 aliphatic carbocycles. The third-order valence-corrected chi connectivity index (χ3v) is 4.28. The number of rotatable bonds is 5. The van der Waals surface area contributed by atoms with E-state index in [1.807, 2.05) is 12.4 Å². The average molecular weight is 340 g/mol. The van der Waals surface area contributed by atoms with E-state index in [2.05, 4.69) is 56.4 Å². The molecule has 5 heteroatoms. The number of nitrogens with zero attached hydrogens (tertiary/aromatic N) is 2. The minimum atomic E-state index is 0.176. The fraction of sp³-hybridized carbons (Fsp3) is 0.357. The molecule has 0 saturated heterocycles. The standard InChI is InChI=1S/C14H18BrN3S/c1-10(16)5-11-3-4-13(6-14(11)15)18(2)7-12-8-19-9-17-12/h3-4,6,8-10H,5,7,16H2,1-2H3. The second kappa shape index (κ2) is 6.50. The topological polar surface area (TPSA) is 42.1 Å². The van der Waals surface area contributed by atoms with E-state index in [-0.39, 0.29) is 6.04 Å². The van der Waals surface area contributed by atoms with Gasteiger partial charge in [-0.1, -0.05) is 22.0 Å². The van der Waals surface area contributed by atoms with Crippen LogP contribution in [0, 0.1) is 0 Å². The Morgan fingerprint density at radius 1 is 1.47 bits per heavy atom. The number of hydrogen-bond acceptors (Lipinski definition) is 4. The maximum atomic E-state index is 5.84. The van der Waals surface area contributed by atoms with Gasteiger partial charge in [-0.25, -0.2) is 4.98 Å². The molecule has 3 nitrogen and oxygen atoms in total. The van der Waals surface area contributed by atoms with Gasteiger partial charge in [-0.2, -0.15) is 0 Å². The van der Waals surface area contributed by atoms with Crippen molar-refractivity contribution in [2.75, 3.05) is 11.9 Å². The maximum absolute atomic E-state index is 5.84. The molecule has 0 aliphatic rings. The first-order valence-corrected chi connectivity index (χ1v) is 7.92. The van der Waals surface area contributed by atoms with Crippen LogP contribution < -0.4 is 10.6 Å². The molecular formula is C14H18BrN3S. The quantitative estimate of drug-likeness (QED) is 0.907. The lowest BCUT2D eigenvalue weighted by Gasteiger charge is -2.19. The number of anilines is 1. The van der Waals surface area contributed by atoms with Crippen LogP contribution in [0.3, 0.4) is 0 Å². The Labute approximate surface area is 126 Å². The van der Waals surface area contributed by atoms with Gasteiger partial charge in [-0.05, 0) is 31.0 Å². The van der Waals surface area contributed by atoms with Crippen molar-refractivity contribution in [2.24, 2.45) is 5.73 Å². The van der Waals surface area contributed by atoms with E-state index in [9.17, 15) is 0 Å². The van der Waals surface area contributed by atoms with Gasteiger partial charge < -0.3 is 10.6 Å². The third-order valence-electron chi connectivity index (χ3n) is 2.90. The minimum Gasteiger partial charge on any atom is -0.369 e. The first-order valence-electron chi connectivity index (χ1n) is 6.18. The molecule has 1 unspecified atom stereocenters. The van der Waals surface area contributed by atoms with Gasteiger partial charge in [0.05, 0.1) is 17.7 Å². The normalized spacial score (nSPS) is 12.4. The van der Waals surface area contributed by atoms with Crippen LogP contribution in [0.5, 0.6) is 0 Å². The summed E-state index contributed by atoms with van der Waals surface area (Å²) in [6.07, 6.45) is 0.886. The van der Waals surface area contributed by atoms with E-state index in [1.54, 1.807) is 11.3 Å². The van der Waals surface area contributed by atoms with Crippen LogP contribution in [0.4, 0.5) is 5.69 Å². The van der Waals surface area contributed by atoms with Crippen molar-refractivity contribution in [2.45, 2.75) is 25.9 Å². The molecule has 1 heterocycles. The zero-order valence-electron chi connectivity index (χ0n) is 11.1. The molecular weight excluding hydrogens is 322 g/mol. The molecule has 0 saturated carbocycles. The highest BCUT2D eigenvalue weighted by Gasteiger charge is 2.08. The minimum absolute atomic E-state index is 0.176. The van der Waals surface area contributed by atoms with Crippen LogP contribution in [0.15, 0.2) is 33.6 Å². The number of hydrogen-bond donors (Lipinski definition) is 1. The van der Waals surface area contributed by atoms with Gasteiger partial charge in [0.2, 0.25) is 0 Å². The summed E-state index contributed by atoms with van der Waals surface area (Å²) in [4.78, 5) is 6.50. The molecule has 0 aliphatic heterocycles. The first kappa shape index (κ1) is 14.5. The number of benzene rings is 1. The molecule has 1 aromatic carbocycles. The van der Waals surface area contributed by atoms with Crippen molar-refractivity contribution in [3.8, 4) is 0 Å². The first-order chi connectivity index (χ1) is 9.06. The van der Waals surface area contributed by atoms with Crippen molar-refractivity contribution in [1.82, 2.24) is 4.98 Å². The Morgan fingerprint density at radius 3 is 2.84 bits per heavy atom. The molecule has 102 valence electrons. The average Bonchev–Trinajstić information content (AvgIpc) is 2.84. The van der Waals surface area contributed by atoms with Gasteiger partial charge in [0, 0.05) is 28.6 Å². The van der Waals surface area contributed by atoms with Gasteiger partial charge >= 0.3 is 0 Å². The van der Waals surface area contributed by atoms with Crippen molar-refractivity contribution >= 4 is 33.0 Å². The molecule has 2 rings (SSSR count). The predicted molar refractivity (Wildman–Crippen MR) is 85.7 cm³/mol. The molecule has 2 N–H and O–H groups in total. The highest BCUT2D eigenvalue weighted by molar-refractivity contribution is 9.10. The summed E-state index contributed by atoms with van der Waals surface area (Å²) in [5, 5.41) is 2.08. The summed E-state index contributed by atoms with van der Waals surface area (Å²) in [6, 6.07) is 6.59. The van der Waals surface area contributed by atoms with Crippen LogP contribution >= 0.6 is 27.3 Å². The Morgan fingerprint density at radius 2 is 2.26 bits per heavy atom. The van der Waals surface area contributed by atoms with E-state index in [0.717, 1.165) is 23.1 Å². The highest BCUT2D eigenvalue weighted by atomic mass is 79.9. The van der Waals surface area contributed by atoms with Crippen LogP contribution in [-0.2, 0) is 13.0 Å². The number of thiazole rings is 1. The zero-order chi connectivity index (χ0) is 13.8. The molecule has 0 amide bonds. The van der Waals surface area contributed by atoms with E-state index in [1.165, 1.54) is 11.3 Å². The largest absolute Gasteiger partial charge is 0.369 e. The van der Waals surface area contributed by atoms with Gasteiger partial charge in [0.25, 0.3) is 0 Å². The predicted octanol–water partition coefficient (Wildman–Crippen LogP) is 3.43. The fourth-order valence-corrected chi connectivity index (χ4v) is 3.01. The number of aromatic nitrogens is 1. The zero-order valence-corrected chi connectivity index (χ0v) is 13.5. The SMILES string of the molecule is CC(N)Cc1ccc(N(C)Cc2cscn2)cc1Br. The summed E-state index contributed by atoms with van der Waals surface area (Å²) >= 11 is 5.25. The summed E-state index contributed by atoms with van der Waals surface area (Å²) in [7, 11) is 2.08. The van der Waals surface area contributed by atoms with Crippen molar-refractivity contribution in [3.63, 3.8) is 0 Å². The van der Waals surface area contributed by atoms with Gasteiger partial charge in [-0.15, -0.1) is 11.3 Å². The van der Waals surface area contributed by atoms with Crippen LogP contribution in [0.1, 0.15) is 18.2 Å². The second-order valence-electron chi connectivity index (χ2n) is 4.79. The van der Waals surface area contributed by atoms with Crippen LogP contribution in [-0.4, -0.2) is 18.1 Å². The lowest BCUT2D eigenvalue weighted by atomic mass is 10.1. The summed E-state index contributed by atoms with van der Waals surface area (Å²) in [5.41, 5.74) is 11.2. The lowest BCUT2D eigenvalue weighted by Crippen LogP contribution is -2.19. The van der Waals surface area contributed by atoms with E-state index >= 15 is 0 Å². The smallest absolute Gasteiger partial charge is 0.0795 e. The van der Waals surface area contributed by atoms with Crippen LogP contribution in [0.25, 0.3) is 0 Å². The molecule has 1 aromatic heterocycles. The lowest BCUT2D eigenvalue weighted by molar-refractivity contribution is 0.736. The van der Waals surface area contributed by atoms with E-state index < -0.39 is 0 Å². The van der Waals surface area contributed by atoms with Gasteiger partial charge in [-0.3, -0.25) is 0 Å². The van der Waals surface area contributed by atoms with Crippen molar-refractivity contribution in [1.29, 1.82) is 0 Å². The summed E-state index contributed by atoms with van der Waals surface area (Å²) in [5.74, 6) is 0. The Kier molecular flexibility index (Phi) is 4.96. The van der Waals surface area contributed by atoms with Gasteiger partial charge in [0.15, 0.2) is 0 Å². The Hall–Kier alpha value is -0.910. The monoisotopic (exact) mass is 339 g/mol. The molecule has 0 spiro atoms. The highest BCUT2D eigenvalue weighted by Crippen LogP contribution is 2.25. The number of nitrogens with two attached hydrogens (primary N) is 1.